The van der Waals surface area contributed by atoms with E-state index in [1.807, 2.05) is 26.0 Å². The van der Waals surface area contributed by atoms with Crippen molar-refractivity contribution in [3.05, 3.63) is 70.3 Å². The van der Waals surface area contributed by atoms with Gasteiger partial charge in [-0.15, -0.1) is 0 Å². The second-order valence-electron chi connectivity index (χ2n) is 9.61. The first-order valence-corrected chi connectivity index (χ1v) is 11.6. The van der Waals surface area contributed by atoms with Gasteiger partial charge < -0.3 is 29.4 Å². The van der Waals surface area contributed by atoms with E-state index in [4.69, 9.17) is 29.4 Å². The molecule has 0 amide bonds. The molecule has 1 heterocycles. The molecule has 8 nitrogen and oxygen atoms in total. The van der Waals surface area contributed by atoms with Crippen molar-refractivity contribution in [1.29, 1.82) is 5.26 Å². The highest BCUT2D eigenvalue weighted by atomic mass is 16.5. The molecule has 0 aromatic heterocycles. The number of nitriles is 1. The van der Waals surface area contributed by atoms with Crippen LogP contribution in [0.1, 0.15) is 43.7 Å². The van der Waals surface area contributed by atoms with Crippen molar-refractivity contribution in [3.8, 4) is 29.1 Å². The van der Waals surface area contributed by atoms with Crippen LogP contribution in [0.2, 0.25) is 0 Å². The van der Waals surface area contributed by atoms with Gasteiger partial charge in [-0.3, -0.25) is 4.79 Å². The summed E-state index contributed by atoms with van der Waals surface area (Å²) >= 11 is 0. The first-order valence-electron chi connectivity index (χ1n) is 11.6. The summed E-state index contributed by atoms with van der Waals surface area (Å²) in [7, 11) is 4.72. The van der Waals surface area contributed by atoms with Crippen molar-refractivity contribution < 1.29 is 28.5 Å². The van der Waals surface area contributed by atoms with Gasteiger partial charge in [0, 0.05) is 42.2 Å². The SMILES string of the molecule is COc1cc(OC)cc(OCc2cc(C3C(C#N)=C(N)OC4=C3C(=O)CC(C)(C)C4)ccc2OC)c1. The van der Waals surface area contributed by atoms with Crippen molar-refractivity contribution in [1.82, 2.24) is 0 Å². The number of nitrogens with two attached hydrogens (primary N) is 1. The molecule has 8 heteroatoms. The van der Waals surface area contributed by atoms with Crippen LogP contribution in [0.5, 0.6) is 23.0 Å². The Balaban J connectivity index is 1.73. The lowest BCUT2D eigenvalue weighted by molar-refractivity contribution is -0.119. The number of hydrogen-bond donors (Lipinski definition) is 1. The zero-order valence-electron chi connectivity index (χ0n) is 21.1. The zero-order chi connectivity index (χ0) is 26.0. The fourth-order valence-corrected chi connectivity index (χ4v) is 4.73. The Hall–Kier alpha value is -4.12. The van der Waals surface area contributed by atoms with Crippen LogP contribution in [0.3, 0.4) is 0 Å². The van der Waals surface area contributed by atoms with Crippen LogP contribution < -0.4 is 24.7 Å². The van der Waals surface area contributed by atoms with Crippen LogP contribution in [0.15, 0.2) is 59.2 Å². The standard InChI is InChI=1S/C28H30N2O6/c1-28(2)12-22(31)26-24(13-28)36-27(30)21(14-29)25(26)16-6-7-23(34-5)17(8-16)15-35-20-10-18(32-3)9-19(11-20)33-4/h6-11,25H,12-13,15,30H2,1-5H3. The first kappa shape index (κ1) is 25.0. The smallest absolute Gasteiger partial charge is 0.205 e. The summed E-state index contributed by atoms with van der Waals surface area (Å²) in [6.45, 7) is 4.21. The average Bonchev–Trinajstić information content (AvgIpc) is 2.85. The van der Waals surface area contributed by atoms with Crippen LogP contribution in [-0.2, 0) is 16.1 Å². The van der Waals surface area contributed by atoms with Gasteiger partial charge in [-0.2, -0.15) is 5.26 Å². The minimum absolute atomic E-state index is 0.0313. The van der Waals surface area contributed by atoms with Crippen molar-refractivity contribution in [2.24, 2.45) is 11.1 Å². The number of methoxy groups -OCH3 is 3. The molecule has 0 spiro atoms. The molecule has 0 saturated carbocycles. The number of benzene rings is 2. The molecule has 0 radical (unpaired) electrons. The molecule has 2 aromatic rings. The van der Waals surface area contributed by atoms with E-state index in [0.29, 0.717) is 47.2 Å². The maximum atomic E-state index is 13.3. The molecule has 0 bridgehead atoms. The minimum atomic E-state index is -0.621. The summed E-state index contributed by atoms with van der Waals surface area (Å²) in [6, 6.07) is 13.0. The van der Waals surface area contributed by atoms with Crippen LogP contribution in [0, 0.1) is 16.7 Å². The molecule has 36 heavy (non-hydrogen) atoms. The summed E-state index contributed by atoms with van der Waals surface area (Å²) in [6.07, 6.45) is 0.932. The van der Waals surface area contributed by atoms with Crippen molar-refractivity contribution in [3.63, 3.8) is 0 Å². The molecule has 0 fully saturated rings. The van der Waals surface area contributed by atoms with Gasteiger partial charge in [0.15, 0.2) is 5.78 Å². The van der Waals surface area contributed by atoms with Crippen molar-refractivity contribution in [2.75, 3.05) is 21.3 Å². The second kappa shape index (κ2) is 9.86. The molecule has 2 N–H and O–H groups in total. The van der Waals surface area contributed by atoms with Gasteiger partial charge in [-0.05, 0) is 23.1 Å². The Morgan fingerprint density at radius 1 is 1.03 bits per heavy atom. The van der Waals surface area contributed by atoms with E-state index in [1.165, 1.54) is 0 Å². The number of Topliss-reactive ketones (excluding diaryl/α,β-unsaturated/α-hetero) is 1. The highest BCUT2D eigenvalue weighted by molar-refractivity contribution is 6.00. The van der Waals surface area contributed by atoms with Crippen LogP contribution >= 0.6 is 0 Å². The quantitative estimate of drug-likeness (QED) is 0.592. The molecule has 4 rings (SSSR count). The van der Waals surface area contributed by atoms with E-state index < -0.39 is 5.92 Å². The number of ketones is 1. The molecular formula is C28H30N2O6. The number of ether oxygens (including phenoxy) is 5. The lowest BCUT2D eigenvalue weighted by Gasteiger charge is -2.37. The summed E-state index contributed by atoms with van der Waals surface area (Å²) in [5, 5.41) is 9.92. The van der Waals surface area contributed by atoms with Gasteiger partial charge in [-0.25, -0.2) is 0 Å². The van der Waals surface area contributed by atoms with Gasteiger partial charge in [0.2, 0.25) is 5.88 Å². The van der Waals surface area contributed by atoms with E-state index in [1.54, 1.807) is 45.6 Å². The van der Waals surface area contributed by atoms with Crippen molar-refractivity contribution >= 4 is 5.78 Å². The van der Waals surface area contributed by atoms with E-state index in [0.717, 1.165) is 11.1 Å². The third-order valence-electron chi connectivity index (χ3n) is 6.43. The zero-order valence-corrected chi connectivity index (χ0v) is 21.1. The minimum Gasteiger partial charge on any atom is -0.496 e. The Morgan fingerprint density at radius 3 is 2.31 bits per heavy atom. The molecule has 1 atom stereocenters. The fourth-order valence-electron chi connectivity index (χ4n) is 4.73. The lowest BCUT2D eigenvalue weighted by Crippen LogP contribution is -2.33. The molecule has 2 aliphatic rings. The van der Waals surface area contributed by atoms with E-state index in [2.05, 4.69) is 6.07 Å². The van der Waals surface area contributed by atoms with Gasteiger partial charge >= 0.3 is 0 Å². The molecule has 1 unspecified atom stereocenters. The third kappa shape index (κ3) is 4.82. The number of nitrogens with zero attached hydrogens (tertiary/aromatic N) is 1. The topological polar surface area (TPSA) is 113 Å². The number of allylic oxidation sites excluding steroid dienone is 3. The van der Waals surface area contributed by atoms with Gasteiger partial charge in [-0.1, -0.05) is 19.9 Å². The second-order valence-corrected chi connectivity index (χ2v) is 9.61. The first-order chi connectivity index (χ1) is 17.2. The third-order valence-corrected chi connectivity index (χ3v) is 6.43. The van der Waals surface area contributed by atoms with Crippen LogP contribution in [-0.4, -0.2) is 27.1 Å². The predicted octanol–water partition coefficient (Wildman–Crippen LogP) is 4.74. The van der Waals surface area contributed by atoms with E-state index in [9.17, 15) is 10.1 Å². The molecule has 0 saturated heterocycles. The Morgan fingerprint density at radius 2 is 1.69 bits per heavy atom. The number of hydrogen-bond acceptors (Lipinski definition) is 8. The van der Waals surface area contributed by atoms with Crippen LogP contribution in [0.25, 0.3) is 0 Å². The fraction of sp³-hybridized carbons (Fsp3) is 0.357. The Labute approximate surface area is 210 Å². The normalized spacial score (nSPS) is 18.7. The lowest BCUT2D eigenvalue weighted by atomic mass is 9.70. The summed E-state index contributed by atoms with van der Waals surface area (Å²) in [5.74, 6) is 2.28. The largest absolute Gasteiger partial charge is 0.496 e. The summed E-state index contributed by atoms with van der Waals surface area (Å²) < 4.78 is 28.0. The van der Waals surface area contributed by atoms with Gasteiger partial charge in [0.25, 0.3) is 0 Å². The number of carbonyl (C=O) groups excluding carboxylic acids is 1. The van der Waals surface area contributed by atoms with Crippen molar-refractivity contribution in [2.45, 2.75) is 39.2 Å². The predicted molar refractivity (Wildman–Crippen MR) is 133 cm³/mol. The van der Waals surface area contributed by atoms with Gasteiger partial charge in [0.1, 0.15) is 47.0 Å². The molecule has 1 aliphatic heterocycles. The van der Waals surface area contributed by atoms with E-state index in [-0.39, 0.29) is 29.3 Å². The Kier molecular flexibility index (Phi) is 6.84. The molecule has 2 aromatic carbocycles. The maximum Gasteiger partial charge on any atom is 0.205 e. The van der Waals surface area contributed by atoms with Gasteiger partial charge in [0.05, 0.1) is 27.2 Å². The number of rotatable bonds is 7. The van der Waals surface area contributed by atoms with E-state index >= 15 is 0 Å². The summed E-state index contributed by atoms with van der Waals surface area (Å²) in [5.41, 5.74) is 8.10. The van der Waals surface area contributed by atoms with Crippen LogP contribution in [0.4, 0.5) is 0 Å². The summed E-state index contributed by atoms with van der Waals surface area (Å²) in [4.78, 5) is 13.3. The highest BCUT2D eigenvalue weighted by Crippen LogP contribution is 2.48. The average molecular weight is 491 g/mol. The molecule has 1 aliphatic carbocycles. The maximum absolute atomic E-state index is 13.3. The Bertz CT molecular complexity index is 1280. The molecule has 188 valence electrons. The highest BCUT2D eigenvalue weighted by Gasteiger charge is 2.43. The number of carbonyl (C=O) groups is 1. The monoisotopic (exact) mass is 490 g/mol. The molecular weight excluding hydrogens is 460 g/mol.